The SMILES string of the molecule is CC(C)(C)c1ccc(NC(=O)c2cccc(CC#N)c2)cc1. The van der Waals surface area contributed by atoms with Crippen LogP contribution < -0.4 is 5.32 Å². The highest BCUT2D eigenvalue weighted by Crippen LogP contribution is 2.23. The normalized spacial score (nSPS) is 10.8. The number of hydrogen-bond donors (Lipinski definition) is 1. The van der Waals surface area contributed by atoms with E-state index in [1.54, 1.807) is 18.2 Å². The van der Waals surface area contributed by atoms with Gasteiger partial charge in [0.2, 0.25) is 0 Å². The van der Waals surface area contributed by atoms with Crippen molar-refractivity contribution in [1.29, 1.82) is 5.26 Å². The van der Waals surface area contributed by atoms with Gasteiger partial charge in [0, 0.05) is 11.3 Å². The quantitative estimate of drug-likeness (QED) is 0.916. The van der Waals surface area contributed by atoms with E-state index in [9.17, 15) is 4.79 Å². The van der Waals surface area contributed by atoms with E-state index in [0.29, 0.717) is 12.0 Å². The molecular formula is C19H20N2O. The first-order valence-electron chi connectivity index (χ1n) is 7.28. The van der Waals surface area contributed by atoms with Crippen molar-refractivity contribution in [2.75, 3.05) is 5.32 Å². The smallest absolute Gasteiger partial charge is 0.255 e. The third-order valence-electron chi connectivity index (χ3n) is 3.48. The first kappa shape index (κ1) is 15.8. The number of anilines is 1. The molecule has 2 rings (SSSR count). The van der Waals surface area contributed by atoms with Crippen molar-refractivity contribution in [1.82, 2.24) is 0 Å². The monoisotopic (exact) mass is 292 g/mol. The van der Waals surface area contributed by atoms with Gasteiger partial charge in [0.15, 0.2) is 0 Å². The predicted molar refractivity (Wildman–Crippen MR) is 88.9 cm³/mol. The van der Waals surface area contributed by atoms with E-state index >= 15 is 0 Å². The van der Waals surface area contributed by atoms with E-state index in [0.717, 1.165) is 11.3 Å². The minimum absolute atomic E-state index is 0.0914. The zero-order chi connectivity index (χ0) is 16.2. The van der Waals surface area contributed by atoms with Crippen molar-refractivity contribution in [2.45, 2.75) is 32.6 Å². The molecule has 0 unspecified atom stereocenters. The largest absolute Gasteiger partial charge is 0.322 e. The Morgan fingerprint density at radius 1 is 1.14 bits per heavy atom. The van der Waals surface area contributed by atoms with Gasteiger partial charge in [-0.2, -0.15) is 5.26 Å². The number of nitrogens with one attached hydrogen (secondary N) is 1. The van der Waals surface area contributed by atoms with E-state index < -0.39 is 0 Å². The summed E-state index contributed by atoms with van der Waals surface area (Å²) in [4.78, 5) is 12.3. The summed E-state index contributed by atoms with van der Waals surface area (Å²) in [5, 5.41) is 11.6. The maximum absolute atomic E-state index is 12.3. The van der Waals surface area contributed by atoms with Gasteiger partial charge in [-0.25, -0.2) is 0 Å². The number of amides is 1. The molecule has 0 radical (unpaired) electrons. The zero-order valence-electron chi connectivity index (χ0n) is 13.2. The molecule has 1 N–H and O–H groups in total. The number of rotatable bonds is 3. The molecule has 0 saturated carbocycles. The van der Waals surface area contributed by atoms with Crippen LogP contribution in [0.15, 0.2) is 48.5 Å². The lowest BCUT2D eigenvalue weighted by molar-refractivity contribution is 0.102. The average Bonchev–Trinajstić information content (AvgIpc) is 2.47. The van der Waals surface area contributed by atoms with Gasteiger partial charge in [0.25, 0.3) is 5.91 Å². The Labute approximate surface area is 131 Å². The van der Waals surface area contributed by atoms with Gasteiger partial charge < -0.3 is 5.32 Å². The van der Waals surface area contributed by atoms with Crippen molar-refractivity contribution < 1.29 is 4.79 Å². The fraction of sp³-hybridized carbons (Fsp3) is 0.263. The van der Waals surface area contributed by atoms with Gasteiger partial charge >= 0.3 is 0 Å². The van der Waals surface area contributed by atoms with E-state index in [4.69, 9.17) is 5.26 Å². The number of hydrogen-bond acceptors (Lipinski definition) is 2. The lowest BCUT2D eigenvalue weighted by Gasteiger charge is -2.19. The molecule has 0 aliphatic rings. The number of carbonyl (C=O) groups excluding carboxylic acids is 1. The third kappa shape index (κ3) is 3.95. The zero-order valence-corrected chi connectivity index (χ0v) is 13.2. The van der Waals surface area contributed by atoms with Crippen LogP contribution in [0.5, 0.6) is 0 Å². The van der Waals surface area contributed by atoms with Gasteiger partial charge in [0.1, 0.15) is 0 Å². The van der Waals surface area contributed by atoms with Crippen LogP contribution in [0.25, 0.3) is 0 Å². The van der Waals surface area contributed by atoms with Crippen LogP contribution in [-0.4, -0.2) is 5.91 Å². The molecule has 22 heavy (non-hydrogen) atoms. The molecule has 0 spiro atoms. The van der Waals surface area contributed by atoms with Gasteiger partial charge in [-0.05, 0) is 40.8 Å². The molecule has 2 aromatic rings. The second kappa shape index (κ2) is 6.44. The minimum atomic E-state index is -0.164. The summed E-state index contributed by atoms with van der Waals surface area (Å²) in [5.41, 5.74) is 3.49. The summed E-state index contributed by atoms with van der Waals surface area (Å²) in [6.07, 6.45) is 0.307. The second-order valence-electron chi connectivity index (χ2n) is 6.32. The minimum Gasteiger partial charge on any atom is -0.322 e. The highest BCUT2D eigenvalue weighted by molar-refractivity contribution is 6.04. The molecule has 3 heteroatoms. The standard InChI is InChI=1S/C19H20N2O/c1-19(2,3)16-7-9-17(10-8-16)21-18(22)15-6-4-5-14(13-15)11-12-20/h4-10,13H,11H2,1-3H3,(H,21,22). The Morgan fingerprint density at radius 2 is 1.82 bits per heavy atom. The van der Waals surface area contributed by atoms with Gasteiger partial charge in [0.05, 0.1) is 12.5 Å². The van der Waals surface area contributed by atoms with Gasteiger partial charge in [-0.15, -0.1) is 0 Å². The Hall–Kier alpha value is -2.60. The molecule has 0 aliphatic carbocycles. The highest BCUT2D eigenvalue weighted by Gasteiger charge is 2.13. The molecular weight excluding hydrogens is 272 g/mol. The molecule has 0 heterocycles. The predicted octanol–water partition coefficient (Wildman–Crippen LogP) is 4.30. The number of carbonyl (C=O) groups is 1. The summed E-state index contributed by atoms with van der Waals surface area (Å²) in [6, 6.07) is 17.1. The summed E-state index contributed by atoms with van der Waals surface area (Å²) in [5.74, 6) is -0.164. The van der Waals surface area contributed by atoms with E-state index in [-0.39, 0.29) is 11.3 Å². The molecule has 1 amide bonds. The number of benzene rings is 2. The molecule has 0 fully saturated rings. The summed E-state index contributed by atoms with van der Waals surface area (Å²) < 4.78 is 0. The molecule has 0 bridgehead atoms. The Balaban J connectivity index is 2.12. The molecule has 112 valence electrons. The Bertz CT molecular complexity index is 703. The highest BCUT2D eigenvalue weighted by atomic mass is 16.1. The van der Waals surface area contributed by atoms with Gasteiger partial charge in [-0.1, -0.05) is 45.0 Å². The summed E-state index contributed by atoms with van der Waals surface area (Å²) in [6.45, 7) is 6.46. The molecule has 3 nitrogen and oxygen atoms in total. The first-order chi connectivity index (χ1) is 10.4. The van der Waals surface area contributed by atoms with E-state index in [1.807, 2.05) is 30.3 Å². The van der Waals surface area contributed by atoms with Crippen LogP contribution in [0, 0.1) is 11.3 Å². The van der Waals surface area contributed by atoms with Crippen molar-refractivity contribution in [2.24, 2.45) is 0 Å². The molecule has 0 aromatic heterocycles. The number of nitriles is 1. The lowest BCUT2D eigenvalue weighted by Crippen LogP contribution is -2.13. The van der Waals surface area contributed by atoms with Crippen LogP contribution >= 0.6 is 0 Å². The molecule has 0 atom stereocenters. The van der Waals surface area contributed by atoms with Crippen molar-refractivity contribution in [3.05, 3.63) is 65.2 Å². The topological polar surface area (TPSA) is 52.9 Å². The van der Waals surface area contributed by atoms with Crippen molar-refractivity contribution >= 4 is 11.6 Å². The van der Waals surface area contributed by atoms with E-state index in [2.05, 4.69) is 32.2 Å². The van der Waals surface area contributed by atoms with E-state index in [1.165, 1.54) is 5.56 Å². The maximum Gasteiger partial charge on any atom is 0.255 e. The fourth-order valence-electron chi connectivity index (χ4n) is 2.17. The fourth-order valence-corrected chi connectivity index (χ4v) is 2.17. The van der Waals surface area contributed by atoms with Crippen LogP contribution in [-0.2, 0) is 11.8 Å². The Kier molecular flexibility index (Phi) is 4.62. The van der Waals surface area contributed by atoms with Crippen LogP contribution in [0.2, 0.25) is 0 Å². The second-order valence-corrected chi connectivity index (χ2v) is 6.32. The van der Waals surface area contributed by atoms with Crippen molar-refractivity contribution in [3.8, 4) is 6.07 Å². The first-order valence-corrected chi connectivity index (χ1v) is 7.28. The Morgan fingerprint density at radius 3 is 2.41 bits per heavy atom. The molecule has 2 aromatic carbocycles. The third-order valence-corrected chi connectivity index (χ3v) is 3.48. The van der Waals surface area contributed by atoms with Crippen molar-refractivity contribution in [3.63, 3.8) is 0 Å². The van der Waals surface area contributed by atoms with Gasteiger partial charge in [-0.3, -0.25) is 4.79 Å². The number of nitrogens with zero attached hydrogens (tertiary/aromatic N) is 1. The van der Waals surface area contributed by atoms with Crippen LogP contribution in [0.1, 0.15) is 42.3 Å². The summed E-state index contributed by atoms with van der Waals surface area (Å²) in [7, 11) is 0. The van der Waals surface area contributed by atoms with Crippen LogP contribution in [0.4, 0.5) is 5.69 Å². The van der Waals surface area contributed by atoms with Crippen LogP contribution in [0.3, 0.4) is 0 Å². The molecule has 0 aliphatic heterocycles. The molecule has 0 saturated heterocycles. The average molecular weight is 292 g/mol. The lowest BCUT2D eigenvalue weighted by atomic mass is 9.87. The maximum atomic E-state index is 12.3. The summed E-state index contributed by atoms with van der Waals surface area (Å²) >= 11 is 0.